The van der Waals surface area contributed by atoms with Gasteiger partial charge in [0.25, 0.3) is 0 Å². The fourth-order valence-electron chi connectivity index (χ4n) is 0.288. The molecule has 0 saturated heterocycles. The van der Waals surface area contributed by atoms with Crippen LogP contribution >= 0.6 is 0 Å². The first-order valence-electron chi connectivity index (χ1n) is 2.52. The van der Waals surface area contributed by atoms with E-state index in [9.17, 15) is 16.8 Å². The smallest absolute Gasteiger partial charge is 0.214 e. The fourth-order valence-corrected chi connectivity index (χ4v) is 1.82. The molecule has 0 aromatic rings. The molecule has 10 heavy (non-hydrogen) atoms. The van der Waals surface area contributed by atoms with Crippen molar-refractivity contribution in [3.63, 3.8) is 0 Å². The number of hydrogen-bond acceptors (Lipinski definition) is 4. The largest absolute Gasteiger partial charge is 0.226 e. The highest BCUT2D eigenvalue weighted by Crippen LogP contribution is 1.95. The molecule has 0 saturated carbocycles. The molecule has 0 N–H and O–H groups in total. The summed E-state index contributed by atoms with van der Waals surface area (Å²) in [6.45, 7) is 1.38. The molecule has 0 aliphatic rings. The Kier molecular flexibility index (Phi) is 3.26. The molecule has 0 bridgehead atoms. The highest BCUT2D eigenvalue weighted by molar-refractivity contribution is 7.97. The molecule has 0 rings (SSSR count). The maximum absolute atomic E-state index is 10.7. The molecule has 0 atom stereocenters. The van der Waals surface area contributed by atoms with E-state index in [0.29, 0.717) is 3.71 Å². The van der Waals surface area contributed by atoms with Gasteiger partial charge in [-0.25, -0.2) is 16.8 Å². The van der Waals surface area contributed by atoms with Gasteiger partial charge in [-0.3, -0.25) is 0 Å². The molecule has 0 amide bonds. The van der Waals surface area contributed by atoms with Crippen LogP contribution in [-0.4, -0.2) is 33.3 Å². The molecule has 0 aromatic carbocycles. The van der Waals surface area contributed by atoms with Crippen molar-refractivity contribution in [2.24, 2.45) is 0 Å². The number of sulfonamides is 1. The second kappa shape index (κ2) is 3.31. The Labute approximate surface area is 61.8 Å². The van der Waals surface area contributed by atoms with Crippen LogP contribution in [0.25, 0.3) is 0 Å². The Morgan fingerprint density at radius 1 is 1.40 bits per heavy atom. The standard InChI is InChI=1S/C3H9NO4S2/c1-3-10(7,8)4(2)9(5)6/h9H,3H2,1-2H3. The highest BCUT2D eigenvalue weighted by atomic mass is 32.3. The van der Waals surface area contributed by atoms with E-state index < -0.39 is 20.9 Å². The molecule has 0 aliphatic carbocycles. The summed E-state index contributed by atoms with van der Waals surface area (Å²) >= 11 is 0. The van der Waals surface area contributed by atoms with Crippen molar-refractivity contribution in [3.05, 3.63) is 0 Å². The molecule has 7 heteroatoms. The predicted octanol–water partition coefficient (Wildman–Crippen LogP) is -1.21. The summed E-state index contributed by atoms with van der Waals surface area (Å²) in [7, 11) is -5.57. The van der Waals surface area contributed by atoms with Gasteiger partial charge in [-0.2, -0.15) is 0 Å². The van der Waals surface area contributed by atoms with Gasteiger partial charge in [0.05, 0.1) is 5.75 Å². The van der Waals surface area contributed by atoms with Gasteiger partial charge in [-0.05, 0) is 6.92 Å². The van der Waals surface area contributed by atoms with E-state index in [0.717, 1.165) is 7.05 Å². The summed E-state index contributed by atoms with van der Waals surface area (Å²) in [4.78, 5) is 0. The van der Waals surface area contributed by atoms with E-state index in [1.54, 1.807) is 0 Å². The van der Waals surface area contributed by atoms with Gasteiger partial charge in [-0.1, -0.05) is 0 Å². The average Bonchev–Trinajstić information content (AvgIpc) is 1.86. The monoisotopic (exact) mass is 187 g/mol. The van der Waals surface area contributed by atoms with Crippen LogP contribution < -0.4 is 0 Å². The second-order valence-electron chi connectivity index (χ2n) is 1.57. The first-order valence-corrected chi connectivity index (χ1v) is 5.26. The molecule has 5 nitrogen and oxygen atoms in total. The van der Waals surface area contributed by atoms with Crippen LogP contribution in [-0.2, 0) is 20.9 Å². The van der Waals surface area contributed by atoms with Crippen LogP contribution in [0.15, 0.2) is 0 Å². The summed E-state index contributed by atoms with van der Waals surface area (Å²) in [5, 5.41) is 0. The molecule has 0 aliphatic heterocycles. The molecular formula is C3H9NO4S2. The molecular weight excluding hydrogens is 178 g/mol. The van der Waals surface area contributed by atoms with E-state index in [1.807, 2.05) is 0 Å². The Balaban J connectivity index is 4.68. The fraction of sp³-hybridized carbons (Fsp3) is 1.00. The van der Waals surface area contributed by atoms with Crippen molar-refractivity contribution in [3.8, 4) is 0 Å². The van der Waals surface area contributed by atoms with Gasteiger partial charge in [-0.15, -0.1) is 3.71 Å². The molecule has 0 unspecified atom stereocenters. The lowest BCUT2D eigenvalue weighted by Gasteiger charge is -2.05. The molecule has 0 spiro atoms. The number of hydrogen-bond donors (Lipinski definition) is 1. The van der Waals surface area contributed by atoms with Crippen molar-refractivity contribution in [1.29, 1.82) is 0 Å². The Morgan fingerprint density at radius 3 is 1.90 bits per heavy atom. The Hall–Kier alpha value is -0.140. The molecule has 0 heterocycles. The van der Waals surface area contributed by atoms with Crippen molar-refractivity contribution in [2.75, 3.05) is 12.8 Å². The zero-order valence-electron chi connectivity index (χ0n) is 5.64. The first kappa shape index (κ1) is 9.86. The molecule has 0 radical (unpaired) electrons. The molecule has 62 valence electrons. The summed E-state index contributed by atoms with van der Waals surface area (Å²) in [5.74, 6) is -0.202. The molecule has 0 fully saturated rings. The average molecular weight is 187 g/mol. The van der Waals surface area contributed by atoms with Crippen LogP contribution in [0.4, 0.5) is 0 Å². The summed E-state index contributed by atoms with van der Waals surface area (Å²) in [6.07, 6.45) is 0. The summed E-state index contributed by atoms with van der Waals surface area (Å²) in [5.41, 5.74) is 0. The lowest BCUT2D eigenvalue weighted by molar-refractivity contribution is 0.539. The maximum atomic E-state index is 10.7. The predicted molar refractivity (Wildman–Crippen MR) is 37.5 cm³/mol. The van der Waals surface area contributed by atoms with Crippen LogP contribution in [0.5, 0.6) is 0 Å². The maximum Gasteiger partial charge on any atom is 0.226 e. The molecule has 0 aromatic heterocycles. The van der Waals surface area contributed by atoms with Crippen molar-refractivity contribution >= 4 is 20.9 Å². The van der Waals surface area contributed by atoms with E-state index in [2.05, 4.69) is 0 Å². The highest BCUT2D eigenvalue weighted by Gasteiger charge is 2.16. The van der Waals surface area contributed by atoms with Gasteiger partial charge in [0, 0.05) is 7.05 Å². The van der Waals surface area contributed by atoms with Crippen molar-refractivity contribution in [1.82, 2.24) is 3.71 Å². The van der Waals surface area contributed by atoms with Gasteiger partial charge in [0.1, 0.15) is 0 Å². The van der Waals surface area contributed by atoms with Gasteiger partial charge in [0.2, 0.25) is 20.9 Å². The lowest BCUT2D eigenvalue weighted by Crippen LogP contribution is -2.26. The summed E-state index contributed by atoms with van der Waals surface area (Å²) in [6, 6.07) is 0. The third kappa shape index (κ3) is 2.24. The van der Waals surface area contributed by atoms with Crippen LogP contribution in [0.2, 0.25) is 0 Å². The topological polar surface area (TPSA) is 71.5 Å². The van der Waals surface area contributed by atoms with E-state index in [4.69, 9.17) is 0 Å². The van der Waals surface area contributed by atoms with Gasteiger partial charge < -0.3 is 0 Å². The Morgan fingerprint density at radius 2 is 1.80 bits per heavy atom. The zero-order chi connectivity index (χ0) is 8.36. The second-order valence-corrected chi connectivity index (χ2v) is 5.21. The minimum atomic E-state index is -3.56. The number of nitrogens with zero attached hydrogens (tertiary/aromatic N) is 1. The summed E-state index contributed by atoms with van der Waals surface area (Å²) < 4.78 is 41.9. The third-order valence-corrected chi connectivity index (χ3v) is 4.14. The number of rotatable bonds is 3. The van der Waals surface area contributed by atoms with Crippen molar-refractivity contribution in [2.45, 2.75) is 6.92 Å². The van der Waals surface area contributed by atoms with E-state index >= 15 is 0 Å². The quantitative estimate of drug-likeness (QED) is 0.563. The van der Waals surface area contributed by atoms with E-state index in [-0.39, 0.29) is 5.75 Å². The van der Waals surface area contributed by atoms with Gasteiger partial charge in [0.15, 0.2) is 0 Å². The van der Waals surface area contributed by atoms with Crippen LogP contribution in [0, 0.1) is 0 Å². The lowest BCUT2D eigenvalue weighted by atomic mass is 11.0. The minimum Gasteiger partial charge on any atom is -0.214 e. The minimum absolute atomic E-state index is 0.202. The normalized spacial score (nSPS) is 12.8. The Bertz CT molecular complexity index is 256. The number of thiol groups is 1. The van der Waals surface area contributed by atoms with Crippen LogP contribution in [0.3, 0.4) is 0 Å². The third-order valence-electron chi connectivity index (χ3n) is 0.997. The van der Waals surface area contributed by atoms with Gasteiger partial charge >= 0.3 is 0 Å². The van der Waals surface area contributed by atoms with Crippen LogP contribution in [0.1, 0.15) is 6.92 Å². The zero-order valence-corrected chi connectivity index (χ0v) is 7.35. The van der Waals surface area contributed by atoms with Crippen molar-refractivity contribution < 1.29 is 16.8 Å². The SMILES string of the molecule is CCS(=O)(=O)N(C)[SH](=O)=O. The van der Waals surface area contributed by atoms with E-state index in [1.165, 1.54) is 6.92 Å². The first-order chi connectivity index (χ1) is 4.41.